The van der Waals surface area contributed by atoms with Crippen molar-refractivity contribution < 1.29 is 9.15 Å². The maximum Gasteiger partial charge on any atom is 0.339 e. The van der Waals surface area contributed by atoms with Crippen LogP contribution >= 0.6 is 0 Å². The number of methoxy groups -OCH3 is 1. The van der Waals surface area contributed by atoms with E-state index in [9.17, 15) is 4.79 Å². The van der Waals surface area contributed by atoms with Crippen molar-refractivity contribution >= 4 is 11.0 Å². The Bertz CT molecular complexity index is 696. The Balaban J connectivity index is 2.76. The number of fused-ring (bicyclic) bond motifs is 1. The standard InChI is InChI=1S/C17H22O3/c1-6-7-8-13-9-14-12(4)15(19-5)10(2)11(3)16(14)20-17(13)18/h9H,6-8H2,1-5H3. The van der Waals surface area contributed by atoms with E-state index < -0.39 is 0 Å². The zero-order chi connectivity index (χ0) is 14.9. The summed E-state index contributed by atoms with van der Waals surface area (Å²) in [6, 6.07) is 1.97. The van der Waals surface area contributed by atoms with Gasteiger partial charge >= 0.3 is 5.63 Å². The molecular formula is C17H22O3. The molecule has 2 aromatic rings. The van der Waals surface area contributed by atoms with Crippen LogP contribution in [0.1, 0.15) is 42.0 Å². The van der Waals surface area contributed by atoms with Crippen molar-refractivity contribution in [1.82, 2.24) is 0 Å². The molecule has 0 amide bonds. The minimum atomic E-state index is -0.210. The van der Waals surface area contributed by atoms with Gasteiger partial charge in [0, 0.05) is 16.5 Å². The van der Waals surface area contributed by atoms with Crippen LogP contribution in [-0.4, -0.2) is 7.11 Å². The van der Waals surface area contributed by atoms with Crippen LogP contribution in [0, 0.1) is 20.8 Å². The van der Waals surface area contributed by atoms with Gasteiger partial charge in [-0.05, 0) is 50.8 Å². The summed E-state index contributed by atoms with van der Waals surface area (Å²) in [6.45, 7) is 8.08. The van der Waals surface area contributed by atoms with E-state index in [-0.39, 0.29) is 5.63 Å². The molecule has 0 saturated heterocycles. The van der Waals surface area contributed by atoms with E-state index in [1.165, 1.54) is 0 Å². The predicted octanol–water partition coefficient (Wildman–Crippen LogP) is 4.07. The molecule has 0 spiro atoms. The SMILES string of the molecule is CCCCc1cc2c(C)c(OC)c(C)c(C)c2oc1=O. The van der Waals surface area contributed by atoms with E-state index in [4.69, 9.17) is 9.15 Å². The van der Waals surface area contributed by atoms with Crippen molar-refractivity contribution in [3.8, 4) is 5.75 Å². The van der Waals surface area contributed by atoms with E-state index >= 15 is 0 Å². The fourth-order valence-corrected chi connectivity index (χ4v) is 2.66. The molecule has 0 aliphatic carbocycles. The molecule has 108 valence electrons. The zero-order valence-electron chi connectivity index (χ0n) is 12.9. The first-order valence-corrected chi connectivity index (χ1v) is 7.11. The molecule has 0 atom stereocenters. The van der Waals surface area contributed by atoms with Crippen LogP contribution in [0.3, 0.4) is 0 Å². The molecule has 20 heavy (non-hydrogen) atoms. The van der Waals surface area contributed by atoms with Gasteiger partial charge in [-0.3, -0.25) is 0 Å². The summed E-state index contributed by atoms with van der Waals surface area (Å²) in [7, 11) is 1.68. The van der Waals surface area contributed by atoms with Gasteiger partial charge in [0.15, 0.2) is 0 Å². The average Bonchev–Trinajstić information content (AvgIpc) is 2.44. The lowest BCUT2D eigenvalue weighted by Crippen LogP contribution is -2.08. The van der Waals surface area contributed by atoms with E-state index in [1.54, 1.807) is 7.11 Å². The highest BCUT2D eigenvalue weighted by Crippen LogP contribution is 2.34. The van der Waals surface area contributed by atoms with Gasteiger partial charge < -0.3 is 9.15 Å². The van der Waals surface area contributed by atoms with Crippen molar-refractivity contribution in [3.63, 3.8) is 0 Å². The summed E-state index contributed by atoms with van der Waals surface area (Å²) < 4.78 is 11.1. The third kappa shape index (κ3) is 2.33. The van der Waals surface area contributed by atoms with Gasteiger partial charge in [0.25, 0.3) is 0 Å². The second kappa shape index (κ2) is 5.70. The Hall–Kier alpha value is -1.77. The summed E-state index contributed by atoms with van der Waals surface area (Å²) >= 11 is 0. The number of rotatable bonds is 4. The van der Waals surface area contributed by atoms with Crippen molar-refractivity contribution in [2.24, 2.45) is 0 Å². The van der Waals surface area contributed by atoms with Crippen LogP contribution in [0.15, 0.2) is 15.3 Å². The van der Waals surface area contributed by atoms with Crippen LogP contribution in [0.2, 0.25) is 0 Å². The Morgan fingerprint density at radius 3 is 2.45 bits per heavy atom. The second-order valence-corrected chi connectivity index (χ2v) is 5.31. The minimum absolute atomic E-state index is 0.210. The molecule has 3 nitrogen and oxygen atoms in total. The number of benzene rings is 1. The summed E-state index contributed by atoms with van der Waals surface area (Å²) in [4.78, 5) is 12.1. The topological polar surface area (TPSA) is 39.4 Å². The Morgan fingerprint density at radius 2 is 1.85 bits per heavy atom. The Kier molecular flexibility index (Phi) is 4.17. The van der Waals surface area contributed by atoms with Gasteiger partial charge in [-0.1, -0.05) is 13.3 Å². The monoisotopic (exact) mass is 274 g/mol. The normalized spacial score (nSPS) is 11.1. The molecule has 0 aliphatic rings. The molecule has 3 heteroatoms. The highest BCUT2D eigenvalue weighted by molar-refractivity contribution is 5.87. The van der Waals surface area contributed by atoms with Crippen LogP contribution in [0.25, 0.3) is 11.0 Å². The second-order valence-electron chi connectivity index (χ2n) is 5.31. The lowest BCUT2D eigenvalue weighted by Gasteiger charge is -2.15. The maximum atomic E-state index is 12.1. The first-order chi connectivity index (χ1) is 9.51. The molecule has 0 fully saturated rings. The van der Waals surface area contributed by atoms with Crippen LogP contribution < -0.4 is 10.4 Å². The minimum Gasteiger partial charge on any atom is -0.496 e. The Labute approximate surface area is 119 Å². The van der Waals surface area contributed by atoms with E-state index in [2.05, 4.69) is 6.92 Å². The molecule has 1 aromatic carbocycles. The van der Waals surface area contributed by atoms with Gasteiger partial charge in [0.2, 0.25) is 0 Å². The summed E-state index contributed by atoms with van der Waals surface area (Å²) in [5.41, 5.74) is 4.27. The fraction of sp³-hybridized carbons (Fsp3) is 0.471. The van der Waals surface area contributed by atoms with Crippen molar-refractivity contribution in [2.75, 3.05) is 7.11 Å². The smallest absolute Gasteiger partial charge is 0.339 e. The van der Waals surface area contributed by atoms with Gasteiger partial charge in [-0.15, -0.1) is 0 Å². The van der Waals surface area contributed by atoms with Gasteiger partial charge in [0.1, 0.15) is 11.3 Å². The predicted molar refractivity (Wildman–Crippen MR) is 81.9 cm³/mol. The lowest BCUT2D eigenvalue weighted by atomic mass is 9.98. The van der Waals surface area contributed by atoms with Crippen molar-refractivity contribution in [1.29, 1.82) is 0 Å². The molecule has 0 unspecified atom stereocenters. The van der Waals surface area contributed by atoms with Gasteiger partial charge in [0.05, 0.1) is 7.11 Å². The van der Waals surface area contributed by atoms with Crippen LogP contribution in [-0.2, 0) is 6.42 Å². The molecule has 0 N–H and O–H groups in total. The molecule has 1 aromatic heterocycles. The van der Waals surface area contributed by atoms with Gasteiger partial charge in [-0.2, -0.15) is 0 Å². The molecule has 0 saturated carbocycles. The molecular weight excluding hydrogens is 252 g/mol. The fourth-order valence-electron chi connectivity index (χ4n) is 2.66. The first-order valence-electron chi connectivity index (χ1n) is 7.11. The number of hydrogen-bond acceptors (Lipinski definition) is 3. The molecule has 0 radical (unpaired) electrons. The number of hydrogen-bond donors (Lipinski definition) is 0. The van der Waals surface area contributed by atoms with E-state index in [0.717, 1.165) is 52.7 Å². The van der Waals surface area contributed by atoms with E-state index in [1.807, 2.05) is 26.8 Å². The number of ether oxygens (including phenoxy) is 1. The Morgan fingerprint density at radius 1 is 1.15 bits per heavy atom. The average molecular weight is 274 g/mol. The quantitative estimate of drug-likeness (QED) is 0.789. The van der Waals surface area contributed by atoms with Crippen molar-refractivity contribution in [2.45, 2.75) is 47.0 Å². The maximum absolute atomic E-state index is 12.1. The summed E-state index contributed by atoms with van der Waals surface area (Å²) in [5.74, 6) is 0.880. The number of aryl methyl sites for hydroxylation is 3. The lowest BCUT2D eigenvalue weighted by molar-refractivity contribution is 0.408. The third-order valence-electron chi connectivity index (χ3n) is 4.01. The van der Waals surface area contributed by atoms with Crippen LogP contribution in [0.4, 0.5) is 0 Å². The van der Waals surface area contributed by atoms with Gasteiger partial charge in [-0.25, -0.2) is 4.79 Å². The summed E-state index contributed by atoms with van der Waals surface area (Å²) in [6.07, 6.45) is 2.83. The number of unbranched alkanes of at least 4 members (excludes halogenated alkanes) is 1. The molecule has 0 aliphatic heterocycles. The highest BCUT2D eigenvalue weighted by atomic mass is 16.5. The summed E-state index contributed by atoms with van der Waals surface area (Å²) in [5, 5.41) is 0.982. The largest absolute Gasteiger partial charge is 0.496 e. The zero-order valence-corrected chi connectivity index (χ0v) is 12.9. The molecule has 0 bridgehead atoms. The first kappa shape index (κ1) is 14.6. The third-order valence-corrected chi connectivity index (χ3v) is 4.01. The van der Waals surface area contributed by atoms with Crippen molar-refractivity contribution in [3.05, 3.63) is 38.7 Å². The highest BCUT2D eigenvalue weighted by Gasteiger charge is 2.16. The molecule has 1 heterocycles. The van der Waals surface area contributed by atoms with E-state index in [0.29, 0.717) is 5.58 Å². The molecule has 2 rings (SSSR count). The van der Waals surface area contributed by atoms with Crippen LogP contribution in [0.5, 0.6) is 5.75 Å².